The number of aromatic hydroxyl groups is 1. The molecule has 0 saturated carbocycles. The van der Waals surface area contributed by atoms with Gasteiger partial charge < -0.3 is 24.7 Å². The molecule has 0 fully saturated rings. The highest BCUT2D eigenvalue weighted by Crippen LogP contribution is 2.40. The molecule has 0 saturated heterocycles. The zero-order valence-corrected chi connectivity index (χ0v) is 18.7. The number of hydrogen-bond acceptors (Lipinski definition) is 5. The van der Waals surface area contributed by atoms with Crippen LogP contribution in [0.25, 0.3) is 22.0 Å². The molecule has 0 radical (unpaired) electrons. The molecule has 4 rings (SSSR count). The van der Waals surface area contributed by atoms with Gasteiger partial charge in [-0.15, -0.1) is 0 Å². The molecule has 0 bridgehead atoms. The van der Waals surface area contributed by atoms with Crippen LogP contribution in [0.4, 0.5) is 0 Å². The number of carboxylic acid groups (broad SMARTS) is 1. The van der Waals surface area contributed by atoms with Crippen molar-refractivity contribution in [2.45, 2.75) is 38.5 Å². The van der Waals surface area contributed by atoms with E-state index in [9.17, 15) is 19.8 Å². The zero-order chi connectivity index (χ0) is 24.1. The van der Waals surface area contributed by atoms with Crippen molar-refractivity contribution >= 4 is 22.7 Å². The number of aliphatic hydroxyl groups is 1. The summed E-state index contributed by atoms with van der Waals surface area (Å²) in [7, 11) is 0. The molecule has 7 nitrogen and oxygen atoms in total. The van der Waals surface area contributed by atoms with Crippen LogP contribution >= 0.6 is 0 Å². The fourth-order valence-electron chi connectivity index (χ4n) is 4.29. The Bertz CT molecular complexity index is 1300. The van der Waals surface area contributed by atoms with E-state index >= 15 is 0 Å². The first-order valence-electron chi connectivity index (χ1n) is 11.4. The van der Waals surface area contributed by atoms with Gasteiger partial charge in [0.05, 0.1) is 11.1 Å². The molecule has 0 aliphatic rings. The van der Waals surface area contributed by atoms with Crippen molar-refractivity contribution in [3.63, 3.8) is 0 Å². The number of carboxylic acids is 1. The molecule has 0 spiro atoms. The number of aromatic amines is 1. The van der Waals surface area contributed by atoms with Gasteiger partial charge in [-0.2, -0.15) is 0 Å². The monoisotopic (exact) mass is 461 g/mol. The molecule has 4 aromatic rings. The Labute approximate surface area is 196 Å². The maximum absolute atomic E-state index is 13.3. The zero-order valence-electron chi connectivity index (χ0n) is 18.7. The van der Waals surface area contributed by atoms with Gasteiger partial charge in [0.15, 0.2) is 5.75 Å². The van der Waals surface area contributed by atoms with E-state index in [4.69, 9.17) is 9.52 Å². The van der Waals surface area contributed by atoms with Crippen LogP contribution in [0.2, 0.25) is 0 Å². The second-order valence-electron chi connectivity index (χ2n) is 8.27. The van der Waals surface area contributed by atoms with Gasteiger partial charge in [0, 0.05) is 23.7 Å². The lowest BCUT2D eigenvalue weighted by Crippen LogP contribution is -2.00. The molecule has 176 valence electrons. The Morgan fingerprint density at radius 3 is 2.35 bits per heavy atom. The summed E-state index contributed by atoms with van der Waals surface area (Å²) in [5.74, 6) is -3.31. The number of carbonyl (C=O) groups excluding carboxylic acids is 1. The highest BCUT2D eigenvalue weighted by molar-refractivity contribution is 6.18. The predicted molar refractivity (Wildman–Crippen MR) is 128 cm³/mol. The average molecular weight is 462 g/mol. The summed E-state index contributed by atoms with van der Waals surface area (Å²) in [5.41, 5.74) is 2.66. The number of nitrogens with one attached hydrogen (secondary N) is 1. The SMILES string of the molecule is O=C(O)c1oc(C(=O)c2c[nH]c3c(CCCCCCCO)cccc23)c(O)c1-c1ccccc1. The first-order valence-corrected chi connectivity index (χ1v) is 11.4. The minimum atomic E-state index is -1.37. The maximum atomic E-state index is 13.3. The van der Waals surface area contributed by atoms with Crippen molar-refractivity contribution in [1.82, 2.24) is 4.98 Å². The number of unbranched alkanes of at least 4 members (excludes halogenated alkanes) is 4. The predicted octanol–water partition coefficient (Wildman–Crippen LogP) is 5.55. The normalized spacial score (nSPS) is 11.2. The molecule has 0 aliphatic carbocycles. The summed E-state index contributed by atoms with van der Waals surface area (Å²) >= 11 is 0. The van der Waals surface area contributed by atoms with Crippen LogP contribution in [-0.2, 0) is 6.42 Å². The van der Waals surface area contributed by atoms with Gasteiger partial charge in [-0.3, -0.25) is 4.79 Å². The molecular formula is C27H27NO6. The summed E-state index contributed by atoms with van der Waals surface area (Å²) in [5, 5.41) is 30.0. The number of furan rings is 1. The lowest BCUT2D eigenvalue weighted by atomic mass is 10.00. The Morgan fingerprint density at radius 2 is 1.62 bits per heavy atom. The van der Waals surface area contributed by atoms with Crippen LogP contribution in [0.5, 0.6) is 5.75 Å². The molecule has 0 amide bonds. The molecule has 0 unspecified atom stereocenters. The third kappa shape index (κ3) is 4.61. The van der Waals surface area contributed by atoms with Crippen LogP contribution in [0.1, 0.15) is 64.3 Å². The average Bonchev–Trinajstić information content (AvgIpc) is 3.43. The standard InChI is InChI=1S/C27H27NO6/c29-15-8-3-1-2-5-12-18-13-9-14-19-20(16-28-22(18)19)23(30)26-24(31)21(25(34-26)27(32)33)17-10-6-4-7-11-17/h4,6-7,9-11,13-14,16,28-29,31H,1-3,5,8,12,15H2,(H,32,33). The van der Waals surface area contributed by atoms with Crippen molar-refractivity contribution in [1.29, 1.82) is 0 Å². The lowest BCUT2D eigenvalue weighted by Gasteiger charge is -2.04. The molecule has 0 aliphatic heterocycles. The molecule has 2 aromatic heterocycles. The minimum Gasteiger partial charge on any atom is -0.504 e. The van der Waals surface area contributed by atoms with E-state index in [1.54, 1.807) is 36.5 Å². The van der Waals surface area contributed by atoms with E-state index in [1.165, 1.54) is 0 Å². The number of carbonyl (C=O) groups is 2. The van der Waals surface area contributed by atoms with Crippen LogP contribution in [0.15, 0.2) is 59.1 Å². The van der Waals surface area contributed by atoms with Crippen molar-refractivity contribution in [2.75, 3.05) is 6.61 Å². The number of rotatable bonds is 11. The molecular weight excluding hydrogens is 434 g/mol. The minimum absolute atomic E-state index is 0.0156. The Morgan fingerprint density at radius 1 is 0.882 bits per heavy atom. The number of fused-ring (bicyclic) bond motifs is 1. The van der Waals surface area contributed by atoms with E-state index in [0.717, 1.165) is 49.6 Å². The highest BCUT2D eigenvalue weighted by atomic mass is 16.4. The Hall–Kier alpha value is -3.84. The second-order valence-corrected chi connectivity index (χ2v) is 8.27. The summed E-state index contributed by atoms with van der Waals surface area (Å²) in [6.45, 7) is 0.227. The first kappa shape index (κ1) is 23.3. The number of aliphatic hydroxyl groups excluding tert-OH is 1. The fourth-order valence-corrected chi connectivity index (χ4v) is 4.29. The summed E-state index contributed by atoms with van der Waals surface area (Å²) < 4.78 is 5.41. The molecule has 7 heteroatoms. The van der Waals surface area contributed by atoms with E-state index in [1.807, 2.05) is 18.2 Å². The number of para-hydroxylation sites is 1. The van der Waals surface area contributed by atoms with Gasteiger partial charge in [0.25, 0.3) is 0 Å². The summed E-state index contributed by atoms with van der Waals surface area (Å²) in [6, 6.07) is 14.2. The van der Waals surface area contributed by atoms with Gasteiger partial charge in [-0.05, 0) is 30.4 Å². The van der Waals surface area contributed by atoms with E-state index < -0.39 is 29.0 Å². The second kappa shape index (κ2) is 10.4. The number of aromatic carboxylic acids is 1. The van der Waals surface area contributed by atoms with Crippen LogP contribution in [0.3, 0.4) is 0 Å². The fraction of sp³-hybridized carbons (Fsp3) is 0.259. The van der Waals surface area contributed by atoms with Crippen molar-refractivity contribution in [3.05, 3.63) is 77.4 Å². The smallest absolute Gasteiger partial charge is 0.372 e. The van der Waals surface area contributed by atoms with Crippen molar-refractivity contribution in [3.8, 4) is 16.9 Å². The largest absolute Gasteiger partial charge is 0.504 e. The molecule has 2 aromatic carbocycles. The van der Waals surface area contributed by atoms with E-state index in [0.29, 0.717) is 16.5 Å². The molecule has 34 heavy (non-hydrogen) atoms. The first-order chi connectivity index (χ1) is 16.5. The van der Waals surface area contributed by atoms with Gasteiger partial charge in [-0.1, -0.05) is 67.8 Å². The topological polar surface area (TPSA) is 124 Å². The van der Waals surface area contributed by atoms with Crippen molar-refractivity contribution in [2.24, 2.45) is 0 Å². The van der Waals surface area contributed by atoms with Crippen LogP contribution in [0, 0.1) is 0 Å². The summed E-state index contributed by atoms with van der Waals surface area (Å²) in [6.07, 6.45) is 7.38. The third-order valence-corrected chi connectivity index (χ3v) is 6.00. The van der Waals surface area contributed by atoms with Crippen molar-refractivity contribution < 1.29 is 29.3 Å². The molecule has 0 atom stereocenters. The number of aromatic nitrogens is 1. The van der Waals surface area contributed by atoms with E-state index in [2.05, 4.69) is 4.98 Å². The Kier molecular flexibility index (Phi) is 7.13. The third-order valence-electron chi connectivity index (χ3n) is 6.00. The Balaban J connectivity index is 1.63. The quantitative estimate of drug-likeness (QED) is 0.172. The highest BCUT2D eigenvalue weighted by Gasteiger charge is 2.31. The lowest BCUT2D eigenvalue weighted by molar-refractivity contribution is 0.0661. The summed E-state index contributed by atoms with van der Waals surface area (Å²) in [4.78, 5) is 28.3. The van der Waals surface area contributed by atoms with Gasteiger partial charge in [-0.25, -0.2) is 4.79 Å². The van der Waals surface area contributed by atoms with Gasteiger partial charge >= 0.3 is 5.97 Å². The van der Waals surface area contributed by atoms with E-state index in [-0.39, 0.29) is 12.2 Å². The van der Waals surface area contributed by atoms with Crippen LogP contribution in [-0.4, -0.2) is 38.7 Å². The molecule has 2 heterocycles. The van der Waals surface area contributed by atoms with Crippen LogP contribution < -0.4 is 0 Å². The maximum Gasteiger partial charge on any atom is 0.372 e. The number of hydrogen-bond donors (Lipinski definition) is 4. The molecule has 4 N–H and O–H groups in total. The number of benzene rings is 2. The number of ketones is 1. The van der Waals surface area contributed by atoms with Gasteiger partial charge in [0.2, 0.25) is 17.3 Å². The number of aryl methyl sites for hydroxylation is 1. The van der Waals surface area contributed by atoms with Gasteiger partial charge in [0.1, 0.15) is 0 Å². The number of H-pyrrole nitrogens is 1.